The van der Waals surface area contributed by atoms with Crippen LogP contribution in [0.2, 0.25) is 0 Å². The smallest absolute Gasteiger partial charge is 0.193 e. The molecule has 0 bridgehead atoms. The number of fused-ring (bicyclic) bond motifs is 2. The van der Waals surface area contributed by atoms with Gasteiger partial charge in [0.25, 0.3) is 0 Å². The van der Waals surface area contributed by atoms with Crippen molar-refractivity contribution in [2.45, 2.75) is 12.8 Å². The summed E-state index contributed by atoms with van der Waals surface area (Å²) in [5.41, 5.74) is 1.71. The lowest BCUT2D eigenvalue weighted by molar-refractivity contribution is 0.437. The summed E-state index contributed by atoms with van der Waals surface area (Å²) in [6, 6.07) is 4.84. The van der Waals surface area contributed by atoms with Crippen LogP contribution in [-0.4, -0.2) is 37.9 Å². The Labute approximate surface area is 159 Å². The maximum absolute atomic E-state index is 14.8. The molecule has 3 heterocycles. The van der Waals surface area contributed by atoms with E-state index in [1.165, 1.54) is 16.9 Å². The number of hydrogen-bond donors (Lipinski definition) is 1. The Hall–Kier alpha value is -3.29. The van der Waals surface area contributed by atoms with Gasteiger partial charge in [-0.1, -0.05) is 0 Å². The molecule has 6 nitrogen and oxygen atoms in total. The SMILES string of the molecule is Cn1cc2cc(-c3cnc4cc(N5CCCC5)cc(F)c4n3)c(O)c(F)c2n1. The van der Waals surface area contributed by atoms with Crippen molar-refractivity contribution in [3.63, 3.8) is 0 Å². The molecule has 1 fully saturated rings. The summed E-state index contributed by atoms with van der Waals surface area (Å²) in [5, 5.41) is 14.8. The highest BCUT2D eigenvalue weighted by Crippen LogP contribution is 2.36. The summed E-state index contributed by atoms with van der Waals surface area (Å²) >= 11 is 0. The standard InChI is InChI=1S/C20H17F2N5O/c1-26-10-11-6-13(20(28)17(22)18(11)25-26)16-9-23-15-8-12(27-4-2-3-5-27)7-14(21)19(15)24-16/h6-10,28H,2-5H2,1H3. The minimum Gasteiger partial charge on any atom is -0.504 e. The van der Waals surface area contributed by atoms with Gasteiger partial charge in [0.1, 0.15) is 11.0 Å². The Morgan fingerprint density at radius 2 is 1.86 bits per heavy atom. The zero-order valence-corrected chi connectivity index (χ0v) is 15.2. The maximum Gasteiger partial charge on any atom is 0.193 e. The number of anilines is 1. The maximum atomic E-state index is 14.8. The van der Waals surface area contributed by atoms with Crippen LogP contribution in [0.5, 0.6) is 5.75 Å². The largest absolute Gasteiger partial charge is 0.504 e. The van der Waals surface area contributed by atoms with E-state index in [-0.39, 0.29) is 22.3 Å². The molecular formula is C20H17F2N5O. The quantitative estimate of drug-likeness (QED) is 0.573. The normalized spacial score (nSPS) is 14.5. The van der Waals surface area contributed by atoms with Crippen LogP contribution in [0.4, 0.5) is 14.5 Å². The number of aryl methyl sites for hydroxylation is 1. The molecule has 2 aromatic heterocycles. The van der Waals surface area contributed by atoms with Crippen LogP contribution in [-0.2, 0) is 7.05 Å². The average Bonchev–Trinajstić information content (AvgIpc) is 3.34. The van der Waals surface area contributed by atoms with Crippen molar-refractivity contribution in [3.05, 3.63) is 42.2 Å². The van der Waals surface area contributed by atoms with Crippen LogP contribution in [0.3, 0.4) is 0 Å². The highest BCUT2D eigenvalue weighted by atomic mass is 19.1. The number of phenolic OH excluding ortho intramolecular Hbond substituents is 1. The van der Waals surface area contributed by atoms with Gasteiger partial charge in [0.15, 0.2) is 17.4 Å². The molecule has 1 aliphatic rings. The lowest BCUT2D eigenvalue weighted by Gasteiger charge is -2.18. The molecule has 8 heteroatoms. The Morgan fingerprint density at radius 1 is 1.07 bits per heavy atom. The monoisotopic (exact) mass is 381 g/mol. The number of rotatable bonds is 2. The molecule has 1 saturated heterocycles. The van der Waals surface area contributed by atoms with E-state index in [9.17, 15) is 13.9 Å². The lowest BCUT2D eigenvalue weighted by Crippen LogP contribution is -2.17. The van der Waals surface area contributed by atoms with Gasteiger partial charge in [0.2, 0.25) is 0 Å². The molecule has 0 aliphatic carbocycles. The van der Waals surface area contributed by atoms with Crippen molar-refractivity contribution in [2.75, 3.05) is 18.0 Å². The zero-order chi connectivity index (χ0) is 19.4. The predicted molar refractivity (Wildman–Crippen MR) is 102 cm³/mol. The molecule has 1 aliphatic heterocycles. The predicted octanol–water partition coefficient (Wildman–Crippen LogP) is 3.77. The van der Waals surface area contributed by atoms with Gasteiger partial charge in [-0.2, -0.15) is 5.10 Å². The second kappa shape index (κ2) is 6.12. The molecule has 0 saturated carbocycles. The third-order valence-electron chi connectivity index (χ3n) is 5.16. The number of aromatic nitrogens is 4. The first kappa shape index (κ1) is 16.9. The molecule has 0 amide bonds. The molecule has 142 valence electrons. The molecular weight excluding hydrogens is 364 g/mol. The number of phenols is 1. The van der Waals surface area contributed by atoms with E-state index in [0.717, 1.165) is 31.6 Å². The topological polar surface area (TPSA) is 67.1 Å². The summed E-state index contributed by atoms with van der Waals surface area (Å²) < 4.78 is 30.7. The molecule has 0 atom stereocenters. The van der Waals surface area contributed by atoms with E-state index >= 15 is 0 Å². The second-order valence-corrected chi connectivity index (χ2v) is 7.07. The van der Waals surface area contributed by atoms with E-state index in [1.54, 1.807) is 19.3 Å². The fraction of sp³-hybridized carbons (Fsp3) is 0.250. The fourth-order valence-corrected chi connectivity index (χ4v) is 3.78. The molecule has 1 N–H and O–H groups in total. The minimum absolute atomic E-state index is 0.0685. The third kappa shape index (κ3) is 2.56. The van der Waals surface area contributed by atoms with Crippen LogP contribution < -0.4 is 4.90 Å². The summed E-state index contributed by atoms with van der Waals surface area (Å²) in [5.74, 6) is -1.90. The molecule has 28 heavy (non-hydrogen) atoms. The van der Waals surface area contributed by atoms with Gasteiger partial charge < -0.3 is 10.0 Å². The van der Waals surface area contributed by atoms with Crippen molar-refractivity contribution >= 4 is 27.6 Å². The van der Waals surface area contributed by atoms with E-state index in [4.69, 9.17) is 0 Å². The van der Waals surface area contributed by atoms with E-state index in [1.807, 2.05) is 6.07 Å². The molecule has 0 radical (unpaired) electrons. The van der Waals surface area contributed by atoms with Crippen molar-refractivity contribution in [1.29, 1.82) is 0 Å². The molecule has 5 rings (SSSR count). The Kier molecular flexibility index (Phi) is 3.68. The van der Waals surface area contributed by atoms with Gasteiger partial charge in [-0.05, 0) is 31.0 Å². The zero-order valence-electron chi connectivity index (χ0n) is 15.2. The second-order valence-electron chi connectivity index (χ2n) is 7.07. The molecule has 0 spiro atoms. The summed E-state index contributed by atoms with van der Waals surface area (Å²) in [6.07, 6.45) is 5.24. The van der Waals surface area contributed by atoms with E-state index < -0.39 is 17.4 Å². The van der Waals surface area contributed by atoms with Crippen LogP contribution in [0.15, 0.2) is 30.6 Å². The highest BCUT2D eigenvalue weighted by Gasteiger charge is 2.20. The van der Waals surface area contributed by atoms with Gasteiger partial charge in [0.05, 0.1) is 17.4 Å². The first-order valence-electron chi connectivity index (χ1n) is 9.08. The number of benzene rings is 2. The first-order chi connectivity index (χ1) is 13.5. The molecule has 0 unspecified atom stereocenters. The lowest BCUT2D eigenvalue weighted by atomic mass is 10.1. The fourth-order valence-electron chi connectivity index (χ4n) is 3.78. The Balaban J connectivity index is 1.66. The van der Waals surface area contributed by atoms with Gasteiger partial charge in [-0.25, -0.2) is 13.8 Å². The summed E-state index contributed by atoms with van der Waals surface area (Å²) in [4.78, 5) is 10.8. The highest BCUT2D eigenvalue weighted by molar-refractivity contribution is 5.89. The average molecular weight is 381 g/mol. The minimum atomic E-state index is -0.833. The number of nitrogens with zero attached hydrogens (tertiary/aromatic N) is 5. The van der Waals surface area contributed by atoms with Crippen LogP contribution in [0.25, 0.3) is 33.2 Å². The Morgan fingerprint density at radius 3 is 2.64 bits per heavy atom. The number of hydrogen-bond acceptors (Lipinski definition) is 5. The van der Waals surface area contributed by atoms with Crippen molar-refractivity contribution in [3.8, 4) is 17.0 Å². The van der Waals surface area contributed by atoms with E-state index in [2.05, 4.69) is 20.0 Å². The summed E-state index contributed by atoms with van der Waals surface area (Å²) in [6.45, 7) is 1.80. The van der Waals surface area contributed by atoms with Gasteiger partial charge in [-0.3, -0.25) is 9.67 Å². The van der Waals surface area contributed by atoms with Gasteiger partial charge in [0, 0.05) is 43.0 Å². The van der Waals surface area contributed by atoms with Crippen molar-refractivity contribution < 1.29 is 13.9 Å². The Bertz CT molecular complexity index is 1230. The summed E-state index contributed by atoms with van der Waals surface area (Å²) in [7, 11) is 1.67. The third-order valence-corrected chi connectivity index (χ3v) is 5.16. The molecule has 2 aromatic carbocycles. The van der Waals surface area contributed by atoms with Crippen LogP contribution in [0.1, 0.15) is 12.8 Å². The van der Waals surface area contributed by atoms with Crippen LogP contribution >= 0.6 is 0 Å². The van der Waals surface area contributed by atoms with Crippen LogP contribution in [0, 0.1) is 11.6 Å². The number of aromatic hydroxyl groups is 1. The number of halogens is 2. The van der Waals surface area contributed by atoms with Gasteiger partial charge in [-0.15, -0.1) is 0 Å². The van der Waals surface area contributed by atoms with E-state index in [0.29, 0.717) is 10.9 Å². The first-order valence-corrected chi connectivity index (χ1v) is 9.08. The van der Waals surface area contributed by atoms with Crippen molar-refractivity contribution in [1.82, 2.24) is 19.7 Å². The molecule has 4 aromatic rings. The van der Waals surface area contributed by atoms with Gasteiger partial charge >= 0.3 is 0 Å². The van der Waals surface area contributed by atoms with Crippen molar-refractivity contribution in [2.24, 2.45) is 7.05 Å².